The summed E-state index contributed by atoms with van der Waals surface area (Å²) in [5, 5.41) is 3.28. The normalized spacial score (nSPS) is 12.4. The molecule has 0 aliphatic carbocycles. The molecule has 0 saturated heterocycles. The maximum absolute atomic E-state index is 13.5. The highest BCUT2D eigenvalue weighted by atomic mass is 79.9. The topological polar surface area (TPSA) is 24.9 Å². The molecule has 1 aromatic carbocycles. The van der Waals surface area contributed by atoms with E-state index in [0.717, 1.165) is 22.2 Å². The summed E-state index contributed by atoms with van der Waals surface area (Å²) in [6.07, 6.45) is 3.45. The van der Waals surface area contributed by atoms with Crippen LogP contribution in [-0.4, -0.2) is 12.0 Å². The van der Waals surface area contributed by atoms with Gasteiger partial charge < -0.3 is 5.32 Å². The lowest BCUT2D eigenvalue weighted by atomic mass is 9.98. The van der Waals surface area contributed by atoms with Gasteiger partial charge in [-0.2, -0.15) is 0 Å². The first kappa shape index (κ1) is 15.1. The van der Waals surface area contributed by atoms with E-state index in [9.17, 15) is 4.39 Å². The highest BCUT2D eigenvalue weighted by Gasteiger charge is 2.15. The zero-order chi connectivity index (χ0) is 14.5. The summed E-state index contributed by atoms with van der Waals surface area (Å²) in [4.78, 5) is 4.49. The zero-order valence-corrected chi connectivity index (χ0v) is 13.2. The van der Waals surface area contributed by atoms with Gasteiger partial charge in [0, 0.05) is 10.7 Å². The Hall–Kier alpha value is -1.26. The first-order valence-corrected chi connectivity index (χ1v) is 7.49. The Balaban J connectivity index is 2.28. The van der Waals surface area contributed by atoms with Crippen molar-refractivity contribution in [3.8, 4) is 0 Å². The van der Waals surface area contributed by atoms with Gasteiger partial charge in [-0.15, -0.1) is 0 Å². The van der Waals surface area contributed by atoms with Crippen LogP contribution in [0.25, 0.3) is 0 Å². The molecule has 1 atom stereocenters. The van der Waals surface area contributed by atoms with Crippen LogP contribution >= 0.6 is 15.9 Å². The van der Waals surface area contributed by atoms with Gasteiger partial charge in [0.25, 0.3) is 0 Å². The van der Waals surface area contributed by atoms with Gasteiger partial charge in [-0.1, -0.05) is 28.9 Å². The molecule has 0 bridgehead atoms. The van der Waals surface area contributed by atoms with E-state index in [1.165, 1.54) is 11.6 Å². The molecule has 1 heterocycles. The molecule has 4 heteroatoms. The molecule has 20 heavy (non-hydrogen) atoms. The third kappa shape index (κ3) is 3.64. The smallest absolute Gasteiger partial charge is 0.124 e. The van der Waals surface area contributed by atoms with E-state index in [4.69, 9.17) is 0 Å². The number of benzene rings is 1. The van der Waals surface area contributed by atoms with E-state index in [0.29, 0.717) is 6.42 Å². The molecular weight excluding hydrogens is 319 g/mol. The molecule has 1 unspecified atom stereocenters. The Morgan fingerprint density at radius 2 is 2.15 bits per heavy atom. The zero-order valence-electron chi connectivity index (χ0n) is 11.7. The number of likely N-dealkylation sites (N-methyl/N-ethyl adjacent to an activating group) is 1. The Morgan fingerprint density at radius 3 is 2.80 bits per heavy atom. The summed E-state index contributed by atoms with van der Waals surface area (Å²) in [5.74, 6) is -0.221. The van der Waals surface area contributed by atoms with Crippen molar-refractivity contribution < 1.29 is 4.39 Å². The van der Waals surface area contributed by atoms with Crippen molar-refractivity contribution in [3.05, 3.63) is 63.6 Å². The minimum atomic E-state index is -0.221. The first-order chi connectivity index (χ1) is 9.63. The van der Waals surface area contributed by atoms with Crippen LogP contribution in [0.4, 0.5) is 4.39 Å². The lowest BCUT2D eigenvalue weighted by Crippen LogP contribution is -2.21. The first-order valence-electron chi connectivity index (χ1n) is 6.70. The number of aromatic nitrogens is 1. The summed E-state index contributed by atoms with van der Waals surface area (Å²) < 4.78 is 14.2. The quantitative estimate of drug-likeness (QED) is 0.890. The van der Waals surface area contributed by atoms with E-state index < -0.39 is 0 Å². The Labute approximate surface area is 127 Å². The van der Waals surface area contributed by atoms with Crippen LogP contribution in [0, 0.1) is 5.82 Å². The van der Waals surface area contributed by atoms with Gasteiger partial charge in [0.15, 0.2) is 0 Å². The van der Waals surface area contributed by atoms with Crippen LogP contribution in [-0.2, 0) is 12.8 Å². The lowest BCUT2D eigenvalue weighted by molar-refractivity contribution is 0.565. The van der Waals surface area contributed by atoms with Crippen LogP contribution in [0.3, 0.4) is 0 Å². The highest BCUT2D eigenvalue weighted by molar-refractivity contribution is 9.10. The van der Waals surface area contributed by atoms with Crippen molar-refractivity contribution in [3.63, 3.8) is 0 Å². The number of halogens is 2. The van der Waals surface area contributed by atoms with Crippen molar-refractivity contribution >= 4 is 15.9 Å². The maximum atomic E-state index is 13.5. The number of rotatable bonds is 5. The predicted octanol–water partition coefficient (Wildman–Crippen LogP) is 4.05. The molecule has 1 N–H and O–H groups in total. The van der Waals surface area contributed by atoms with Gasteiger partial charge in [0.2, 0.25) is 0 Å². The van der Waals surface area contributed by atoms with Gasteiger partial charge in [-0.05, 0) is 55.3 Å². The molecule has 106 valence electrons. The average molecular weight is 337 g/mol. The minimum Gasteiger partial charge on any atom is -0.311 e. The molecule has 0 aliphatic rings. The predicted molar refractivity (Wildman–Crippen MR) is 83.2 cm³/mol. The molecule has 0 radical (unpaired) electrons. The molecule has 0 spiro atoms. The van der Waals surface area contributed by atoms with Crippen LogP contribution < -0.4 is 5.32 Å². The summed E-state index contributed by atoms with van der Waals surface area (Å²) in [7, 11) is 1.91. The van der Waals surface area contributed by atoms with Crippen LogP contribution in [0.1, 0.15) is 29.8 Å². The van der Waals surface area contributed by atoms with E-state index >= 15 is 0 Å². The van der Waals surface area contributed by atoms with E-state index in [1.54, 1.807) is 12.3 Å². The van der Waals surface area contributed by atoms with Crippen molar-refractivity contribution in [2.75, 3.05) is 7.05 Å². The summed E-state index contributed by atoms with van der Waals surface area (Å²) in [6, 6.07) is 9.11. The number of nitrogens with zero attached hydrogens (tertiary/aromatic N) is 1. The van der Waals surface area contributed by atoms with Crippen molar-refractivity contribution in [1.82, 2.24) is 10.3 Å². The number of nitrogens with one attached hydrogen (secondary N) is 1. The molecule has 0 fully saturated rings. The fourth-order valence-electron chi connectivity index (χ4n) is 2.36. The third-order valence-electron chi connectivity index (χ3n) is 3.35. The number of hydrogen-bond donors (Lipinski definition) is 1. The Bertz CT molecular complexity index is 566. The summed E-state index contributed by atoms with van der Waals surface area (Å²) in [6.45, 7) is 2.12. The largest absolute Gasteiger partial charge is 0.311 e. The molecule has 2 nitrogen and oxygen atoms in total. The summed E-state index contributed by atoms with van der Waals surface area (Å²) in [5.41, 5.74) is 3.21. The molecule has 2 rings (SSSR count). The monoisotopic (exact) mass is 336 g/mol. The number of pyridine rings is 1. The van der Waals surface area contributed by atoms with Gasteiger partial charge in [0.05, 0.1) is 11.7 Å². The van der Waals surface area contributed by atoms with Gasteiger partial charge in [-0.25, -0.2) is 4.39 Å². The lowest BCUT2D eigenvalue weighted by Gasteiger charge is -2.18. The molecule has 0 aliphatic heterocycles. The molecule has 0 saturated carbocycles. The fraction of sp³-hybridized carbons (Fsp3) is 0.312. The standard InChI is InChI=1S/C16H18BrFN2/c1-3-12-5-4-6-20-16(12)15(19-2)9-11-7-13(17)10-14(18)8-11/h4-8,10,15,19H,3,9H2,1-2H3. The highest BCUT2D eigenvalue weighted by Crippen LogP contribution is 2.23. The molecule has 1 aromatic heterocycles. The Morgan fingerprint density at radius 1 is 1.35 bits per heavy atom. The van der Waals surface area contributed by atoms with Gasteiger partial charge in [-0.3, -0.25) is 4.98 Å². The second kappa shape index (κ2) is 6.95. The van der Waals surface area contributed by atoms with Crippen molar-refractivity contribution in [2.24, 2.45) is 0 Å². The van der Waals surface area contributed by atoms with Crippen LogP contribution in [0.2, 0.25) is 0 Å². The number of aryl methyl sites for hydroxylation is 1. The van der Waals surface area contributed by atoms with E-state index in [-0.39, 0.29) is 11.9 Å². The number of hydrogen-bond acceptors (Lipinski definition) is 2. The van der Waals surface area contributed by atoms with Crippen molar-refractivity contribution in [2.45, 2.75) is 25.8 Å². The van der Waals surface area contributed by atoms with Crippen LogP contribution in [0.15, 0.2) is 41.0 Å². The van der Waals surface area contributed by atoms with Crippen molar-refractivity contribution in [1.29, 1.82) is 0 Å². The maximum Gasteiger partial charge on any atom is 0.124 e. The minimum absolute atomic E-state index is 0.0832. The van der Waals surface area contributed by atoms with E-state index in [1.807, 2.05) is 19.2 Å². The third-order valence-corrected chi connectivity index (χ3v) is 3.81. The second-order valence-corrected chi connectivity index (χ2v) is 5.64. The SMILES string of the molecule is CCc1cccnc1C(Cc1cc(F)cc(Br)c1)NC. The Kier molecular flexibility index (Phi) is 5.26. The van der Waals surface area contributed by atoms with Crippen LogP contribution in [0.5, 0.6) is 0 Å². The second-order valence-electron chi connectivity index (χ2n) is 4.72. The molecule has 2 aromatic rings. The average Bonchev–Trinajstić information content (AvgIpc) is 2.43. The van der Waals surface area contributed by atoms with Gasteiger partial charge >= 0.3 is 0 Å². The molecular formula is C16H18BrFN2. The van der Waals surface area contributed by atoms with Gasteiger partial charge in [0.1, 0.15) is 5.82 Å². The molecule has 0 amide bonds. The van der Waals surface area contributed by atoms with E-state index in [2.05, 4.69) is 39.2 Å². The summed E-state index contributed by atoms with van der Waals surface area (Å²) >= 11 is 3.33. The fourth-order valence-corrected chi connectivity index (χ4v) is 2.88.